The van der Waals surface area contributed by atoms with E-state index in [0.29, 0.717) is 11.0 Å². The summed E-state index contributed by atoms with van der Waals surface area (Å²) in [5.74, 6) is 1.47. The fraction of sp³-hybridized carbons (Fsp3) is 0.458. The fourth-order valence-electron chi connectivity index (χ4n) is 3.24. The van der Waals surface area contributed by atoms with Crippen molar-refractivity contribution in [1.29, 1.82) is 0 Å². The average molecular weight is 459 g/mol. The summed E-state index contributed by atoms with van der Waals surface area (Å²) in [6.45, 7) is 8.44. The van der Waals surface area contributed by atoms with Gasteiger partial charge in [-0.1, -0.05) is 30.5 Å². The van der Waals surface area contributed by atoms with Crippen molar-refractivity contribution < 1.29 is 5.11 Å². The maximum Gasteiger partial charge on any atom is 0.224 e. The topological polar surface area (TPSA) is 94.5 Å². The molecule has 0 saturated heterocycles. The largest absolute Gasteiger partial charge is 0.396 e. The molecule has 4 N–H and O–H groups in total. The second-order valence-electron chi connectivity index (χ2n) is 7.41. The minimum Gasteiger partial charge on any atom is -0.396 e. The van der Waals surface area contributed by atoms with Crippen LogP contribution < -0.4 is 16.0 Å². The molecule has 0 amide bonds. The summed E-state index contributed by atoms with van der Waals surface area (Å²) >= 11 is 6.06. The van der Waals surface area contributed by atoms with E-state index in [9.17, 15) is 0 Å². The Labute approximate surface area is 196 Å². The van der Waals surface area contributed by atoms with Crippen molar-refractivity contribution in [2.24, 2.45) is 4.99 Å². The zero-order valence-electron chi connectivity index (χ0n) is 18.9. The minimum atomic E-state index is 0.271. The number of aromatic nitrogens is 2. The molecule has 1 aromatic heterocycles. The van der Waals surface area contributed by atoms with E-state index in [4.69, 9.17) is 16.7 Å². The van der Waals surface area contributed by atoms with Crippen molar-refractivity contribution in [3.05, 3.63) is 47.1 Å². The first-order valence-corrected chi connectivity index (χ1v) is 11.6. The fourth-order valence-corrected chi connectivity index (χ4v) is 3.40. The van der Waals surface area contributed by atoms with Gasteiger partial charge in [0, 0.05) is 48.7 Å². The van der Waals surface area contributed by atoms with E-state index in [1.807, 2.05) is 37.3 Å². The number of anilines is 2. The van der Waals surface area contributed by atoms with Gasteiger partial charge in [0.05, 0.1) is 5.69 Å². The van der Waals surface area contributed by atoms with Gasteiger partial charge in [0.25, 0.3) is 0 Å². The van der Waals surface area contributed by atoms with Crippen LogP contribution in [0.15, 0.2) is 41.5 Å². The molecule has 0 aliphatic heterocycles. The van der Waals surface area contributed by atoms with Crippen molar-refractivity contribution in [1.82, 2.24) is 15.3 Å². The Morgan fingerprint density at radius 2 is 1.81 bits per heavy atom. The normalized spacial score (nSPS) is 11.3. The van der Waals surface area contributed by atoms with Crippen LogP contribution in [0.4, 0.5) is 17.5 Å². The molecule has 0 fully saturated rings. The summed E-state index contributed by atoms with van der Waals surface area (Å²) in [6, 6.07) is 7.53. The molecule has 0 spiro atoms. The Morgan fingerprint density at radius 1 is 1.06 bits per heavy atom. The number of nitrogens with one attached hydrogen (secondary N) is 3. The highest BCUT2D eigenvalue weighted by Gasteiger charge is 2.07. The third-order valence-corrected chi connectivity index (χ3v) is 5.19. The van der Waals surface area contributed by atoms with Gasteiger partial charge in [0.2, 0.25) is 5.95 Å². The quantitative estimate of drug-likeness (QED) is 0.202. The molecule has 2 rings (SSSR count). The predicted molar refractivity (Wildman–Crippen MR) is 136 cm³/mol. The average Bonchev–Trinajstić information content (AvgIpc) is 2.81. The molecule has 1 aromatic carbocycles. The maximum atomic E-state index is 8.80. The van der Waals surface area contributed by atoms with E-state index in [2.05, 4.69) is 37.6 Å². The molecule has 0 atom stereocenters. The molecule has 0 radical (unpaired) electrons. The first kappa shape index (κ1) is 25.6. The molecular formula is C24H35ClN6O. The lowest BCUT2D eigenvalue weighted by molar-refractivity contribution is 0.283. The number of hydrogen-bond acceptors (Lipinski definition) is 7. The van der Waals surface area contributed by atoms with Crippen molar-refractivity contribution in [3.8, 4) is 0 Å². The molecular weight excluding hydrogens is 424 g/mol. The molecule has 2 aromatic rings. The van der Waals surface area contributed by atoms with Gasteiger partial charge >= 0.3 is 0 Å². The van der Waals surface area contributed by atoms with E-state index in [-0.39, 0.29) is 6.61 Å². The Morgan fingerprint density at radius 3 is 2.59 bits per heavy atom. The Balaban J connectivity index is 1.67. The summed E-state index contributed by atoms with van der Waals surface area (Å²) in [5.41, 5.74) is 2.80. The Kier molecular flexibility index (Phi) is 12.2. The van der Waals surface area contributed by atoms with Crippen LogP contribution in [0.3, 0.4) is 0 Å². The van der Waals surface area contributed by atoms with Crippen LogP contribution in [-0.2, 0) is 0 Å². The van der Waals surface area contributed by atoms with Gasteiger partial charge in [0.1, 0.15) is 5.82 Å². The molecule has 1 heterocycles. The second-order valence-corrected chi connectivity index (χ2v) is 7.85. The third-order valence-electron chi connectivity index (χ3n) is 4.96. The zero-order chi connectivity index (χ0) is 23.0. The summed E-state index contributed by atoms with van der Waals surface area (Å²) in [5, 5.41) is 19.6. The van der Waals surface area contributed by atoms with E-state index in [0.717, 1.165) is 80.9 Å². The molecule has 32 heavy (non-hydrogen) atoms. The number of nitrogens with zero attached hydrogens (tertiary/aromatic N) is 3. The first-order valence-electron chi connectivity index (χ1n) is 11.3. The SMILES string of the molecule is C=Nc1cc(Cl)ccc1/C(=C\C)NCCCCNc1ccnc(NCCCCCCO)n1. The van der Waals surface area contributed by atoms with Crippen molar-refractivity contribution in [3.63, 3.8) is 0 Å². The lowest BCUT2D eigenvalue weighted by atomic mass is 10.1. The minimum absolute atomic E-state index is 0.271. The van der Waals surface area contributed by atoms with Gasteiger partial charge in [-0.25, -0.2) is 4.98 Å². The molecule has 7 nitrogen and oxygen atoms in total. The van der Waals surface area contributed by atoms with E-state index < -0.39 is 0 Å². The molecule has 8 heteroatoms. The van der Waals surface area contributed by atoms with Crippen LogP contribution in [0.5, 0.6) is 0 Å². The summed E-state index contributed by atoms with van der Waals surface area (Å²) in [6.07, 6.45) is 9.89. The number of allylic oxidation sites excluding steroid dienone is 1. The number of benzene rings is 1. The van der Waals surface area contributed by atoms with Gasteiger partial charge < -0.3 is 21.1 Å². The number of aliphatic hydroxyl groups is 1. The standard InChI is InChI=1S/C24H35ClN6O/c1-3-21(20-11-10-19(25)18-22(20)26-2)27-13-7-8-14-28-23-12-16-30-24(31-23)29-15-6-4-5-9-17-32/h3,10-12,16,18,27,32H,2,4-9,13-15,17H2,1H3,(H2,28,29,30,31)/b21-3+. The van der Waals surface area contributed by atoms with Gasteiger partial charge in [-0.15, -0.1) is 0 Å². The van der Waals surface area contributed by atoms with Crippen LogP contribution in [0.25, 0.3) is 5.70 Å². The van der Waals surface area contributed by atoms with Crippen molar-refractivity contribution in [2.75, 3.05) is 36.9 Å². The van der Waals surface area contributed by atoms with Gasteiger partial charge in [-0.05, 0) is 63.6 Å². The lowest BCUT2D eigenvalue weighted by Gasteiger charge is -2.13. The Bertz CT molecular complexity index is 858. The number of halogens is 1. The third kappa shape index (κ3) is 9.24. The van der Waals surface area contributed by atoms with Crippen LogP contribution in [0, 0.1) is 0 Å². The van der Waals surface area contributed by atoms with Gasteiger partial charge in [-0.3, -0.25) is 4.99 Å². The maximum absolute atomic E-state index is 8.80. The smallest absolute Gasteiger partial charge is 0.224 e. The summed E-state index contributed by atoms with van der Waals surface area (Å²) < 4.78 is 0. The molecule has 0 aliphatic carbocycles. The summed E-state index contributed by atoms with van der Waals surface area (Å²) in [7, 11) is 0. The highest BCUT2D eigenvalue weighted by Crippen LogP contribution is 2.28. The Hall–Kier alpha value is -2.64. The van der Waals surface area contributed by atoms with Crippen LogP contribution in [0.2, 0.25) is 5.02 Å². The van der Waals surface area contributed by atoms with Crippen LogP contribution >= 0.6 is 11.6 Å². The van der Waals surface area contributed by atoms with Crippen LogP contribution in [0.1, 0.15) is 51.0 Å². The highest BCUT2D eigenvalue weighted by atomic mass is 35.5. The number of hydrogen-bond donors (Lipinski definition) is 4. The van der Waals surface area contributed by atoms with Gasteiger partial charge in [-0.2, -0.15) is 4.98 Å². The lowest BCUT2D eigenvalue weighted by Crippen LogP contribution is -2.15. The van der Waals surface area contributed by atoms with Crippen molar-refractivity contribution >= 4 is 41.5 Å². The first-order chi connectivity index (χ1) is 15.7. The molecule has 0 saturated carbocycles. The number of aliphatic imine (C=N–C) groups is 1. The monoisotopic (exact) mass is 458 g/mol. The predicted octanol–water partition coefficient (Wildman–Crippen LogP) is 5.27. The van der Waals surface area contributed by atoms with Crippen molar-refractivity contribution in [2.45, 2.75) is 45.4 Å². The number of aliphatic hydroxyl groups excluding tert-OH is 1. The zero-order valence-corrected chi connectivity index (χ0v) is 19.7. The number of unbranched alkanes of at least 4 members (excludes halogenated alkanes) is 4. The number of rotatable bonds is 16. The molecule has 0 aliphatic rings. The van der Waals surface area contributed by atoms with Gasteiger partial charge in [0.15, 0.2) is 0 Å². The second kappa shape index (κ2) is 15.2. The van der Waals surface area contributed by atoms with E-state index in [1.165, 1.54) is 0 Å². The highest BCUT2D eigenvalue weighted by molar-refractivity contribution is 6.30. The van der Waals surface area contributed by atoms with Crippen LogP contribution in [-0.4, -0.2) is 48.0 Å². The molecule has 174 valence electrons. The molecule has 0 unspecified atom stereocenters. The van der Waals surface area contributed by atoms with E-state index >= 15 is 0 Å². The van der Waals surface area contributed by atoms with E-state index in [1.54, 1.807) is 6.20 Å². The molecule has 0 bridgehead atoms. The summed E-state index contributed by atoms with van der Waals surface area (Å²) in [4.78, 5) is 12.9.